The molecule has 6 heteroatoms. The van der Waals surface area contributed by atoms with Gasteiger partial charge >= 0.3 is 0 Å². The minimum atomic E-state index is -0.0354. The van der Waals surface area contributed by atoms with Crippen molar-refractivity contribution in [3.8, 4) is 5.75 Å². The van der Waals surface area contributed by atoms with E-state index in [-0.39, 0.29) is 36.8 Å². The molecule has 25 heavy (non-hydrogen) atoms. The van der Waals surface area contributed by atoms with E-state index in [1.54, 1.807) is 12.1 Å². The Labute approximate surface area is 159 Å². The van der Waals surface area contributed by atoms with Gasteiger partial charge in [0.2, 0.25) is 0 Å². The van der Waals surface area contributed by atoms with Crippen LogP contribution in [0.15, 0.2) is 54.6 Å². The van der Waals surface area contributed by atoms with Crippen molar-refractivity contribution in [1.29, 1.82) is 0 Å². The number of nitrogens with zero attached hydrogens (tertiary/aromatic N) is 1. The van der Waals surface area contributed by atoms with Crippen LogP contribution in [0.3, 0.4) is 0 Å². The molecule has 2 N–H and O–H groups in total. The third-order valence-corrected chi connectivity index (χ3v) is 4.82. The Balaban J connectivity index is 0.00000225. The predicted molar refractivity (Wildman–Crippen MR) is 103 cm³/mol. The highest BCUT2D eigenvalue weighted by atomic mass is 35.5. The zero-order valence-electron chi connectivity index (χ0n) is 13.8. The topological polar surface area (TPSA) is 55.6 Å². The van der Waals surface area contributed by atoms with E-state index in [2.05, 4.69) is 12.1 Å². The summed E-state index contributed by atoms with van der Waals surface area (Å²) in [6, 6.07) is 17.4. The number of carbonyl (C=O) groups is 1. The SMILES string of the molecule is Cl.NC[C@@H]1CN(C(=O)COc2ccccc2Cl)C[C@H]1c1ccccc1. The number of ether oxygens (including phenoxy) is 1. The highest BCUT2D eigenvalue weighted by molar-refractivity contribution is 6.32. The van der Waals surface area contributed by atoms with E-state index in [0.29, 0.717) is 30.4 Å². The zero-order valence-corrected chi connectivity index (χ0v) is 15.4. The van der Waals surface area contributed by atoms with E-state index in [4.69, 9.17) is 22.1 Å². The first-order chi connectivity index (χ1) is 11.7. The van der Waals surface area contributed by atoms with Gasteiger partial charge in [-0.25, -0.2) is 0 Å². The van der Waals surface area contributed by atoms with Crippen molar-refractivity contribution in [2.24, 2.45) is 11.7 Å². The van der Waals surface area contributed by atoms with E-state index in [9.17, 15) is 4.79 Å². The molecule has 1 aliphatic heterocycles. The first kappa shape index (κ1) is 19.6. The minimum absolute atomic E-state index is 0. The van der Waals surface area contributed by atoms with Gasteiger partial charge in [0.15, 0.2) is 6.61 Å². The summed E-state index contributed by atoms with van der Waals surface area (Å²) in [7, 11) is 0. The summed E-state index contributed by atoms with van der Waals surface area (Å²) in [4.78, 5) is 14.3. The van der Waals surface area contributed by atoms with Crippen molar-refractivity contribution in [3.63, 3.8) is 0 Å². The second-order valence-corrected chi connectivity index (χ2v) is 6.44. The number of hydrogen-bond acceptors (Lipinski definition) is 3. The smallest absolute Gasteiger partial charge is 0.260 e. The van der Waals surface area contributed by atoms with Crippen LogP contribution in [0.2, 0.25) is 5.02 Å². The molecule has 2 aromatic carbocycles. The molecule has 2 aromatic rings. The molecule has 0 saturated carbocycles. The van der Waals surface area contributed by atoms with Crippen molar-refractivity contribution in [3.05, 3.63) is 65.2 Å². The molecule has 0 radical (unpaired) electrons. The first-order valence-electron chi connectivity index (χ1n) is 8.09. The normalized spacial score (nSPS) is 19.4. The first-order valence-corrected chi connectivity index (χ1v) is 8.47. The fourth-order valence-electron chi connectivity index (χ4n) is 3.18. The number of para-hydroxylation sites is 1. The molecule has 4 nitrogen and oxygen atoms in total. The lowest BCUT2D eigenvalue weighted by Crippen LogP contribution is -2.33. The molecule has 0 spiro atoms. The number of amides is 1. The molecule has 1 saturated heterocycles. The lowest BCUT2D eigenvalue weighted by atomic mass is 9.89. The third-order valence-electron chi connectivity index (χ3n) is 4.51. The summed E-state index contributed by atoms with van der Waals surface area (Å²) < 4.78 is 5.57. The summed E-state index contributed by atoms with van der Waals surface area (Å²) >= 11 is 6.05. The molecular weight excluding hydrogens is 359 g/mol. The molecule has 0 aliphatic carbocycles. The predicted octanol–water partition coefficient (Wildman–Crippen LogP) is 3.34. The maximum Gasteiger partial charge on any atom is 0.260 e. The van der Waals surface area contributed by atoms with E-state index in [1.807, 2.05) is 35.2 Å². The number of nitrogens with two attached hydrogens (primary N) is 1. The Kier molecular flexibility index (Phi) is 7.12. The molecule has 2 atom stereocenters. The average Bonchev–Trinajstić information content (AvgIpc) is 3.06. The zero-order chi connectivity index (χ0) is 16.9. The molecule has 3 rings (SSSR count). The Morgan fingerprint density at radius 1 is 1.12 bits per heavy atom. The van der Waals surface area contributed by atoms with E-state index in [1.165, 1.54) is 5.56 Å². The van der Waals surface area contributed by atoms with Gasteiger partial charge < -0.3 is 15.4 Å². The number of carbonyl (C=O) groups excluding carboxylic acids is 1. The number of likely N-dealkylation sites (tertiary alicyclic amines) is 1. The van der Waals surface area contributed by atoms with E-state index in [0.717, 1.165) is 0 Å². The number of rotatable bonds is 5. The van der Waals surface area contributed by atoms with Crippen molar-refractivity contribution < 1.29 is 9.53 Å². The molecule has 1 fully saturated rings. The van der Waals surface area contributed by atoms with Gasteiger partial charge in [-0.2, -0.15) is 0 Å². The Morgan fingerprint density at radius 2 is 1.80 bits per heavy atom. The van der Waals surface area contributed by atoms with Crippen LogP contribution in [0.5, 0.6) is 5.75 Å². The van der Waals surface area contributed by atoms with Crippen LogP contribution in [0, 0.1) is 5.92 Å². The summed E-state index contributed by atoms with van der Waals surface area (Å²) in [6.45, 7) is 1.90. The standard InChI is InChI=1S/C19H21ClN2O2.ClH/c20-17-8-4-5-9-18(17)24-13-19(23)22-11-15(10-21)16(12-22)14-6-2-1-3-7-14;/h1-9,15-16H,10-13,21H2;1H/t15-,16+;/m1./s1. The quantitative estimate of drug-likeness (QED) is 0.864. The molecule has 0 bridgehead atoms. The van der Waals surface area contributed by atoms with Gasteiger partial charge in [-0.05, 0) is 30.2 Å². The maximum absolute atomic E-state index is 12.5. The molecular formula is C19H22Cl2N2O2. The highest BCUT2D eigenvalue weighted by Crippen LogP contribution is 2.32. The Bertz CT molecular complexity index is 697. The molecule has 0 aromatic heterocycles. The third kappa shape index (κ3) is 4.66. The Morgan fingerprint density at radius 3 is 2.48 bits per heavy atom. The number of halogens is 2. The molecule has 1 aliphatic rings. The number of benzene rings is 2. The molecule has 134 valence electrons. The molecule has 1 heterocycles. The van der Waals surface area contributed by atoms with Crippen molar-refractivity contribution >= 4 is 29.9 Å². The molecule has 1 amide bonds. The summed E-state index contributed by atoms with van der Waals surface area (Å²) in [5.74, 6) is 1.05. The summed E-state index contributed by atoms with van der Waals surface area (Å²) in [5.41, 5.74) is 7.15. The second kappa shape index (κ2) is 9.09. The van der Waals surface area contributed by atoms with Crippen molar-refractivity contribution in [2.75, 3.05) is 26.2 Å². The van der Waals surface area contributed by atoms with Crippen LogP contribution in [0.1, 0.15) is 11.5 Å². The van der Waals surface area contributed by atoms with Gasteiger partial charge in [0, 0.05) is 19.0 Å². The monoisotopic (exact) mass is 380 g/mol. The number of hydrogen-bond donors (Lipinski definition) is 1. The summed E-state index contributed by atoms with van der Waals surface area (Å²) in [6.07, 6.45) is 0. The fraction of sp³-hybridized carbons (Fsp3) is 0.316. The van der Waals surface area contributed by atoms with Gasteiger partial charge in [-0.3, -0.25) is 4.79 Å². The average molecular weight is 381 g/mol. The van der Waals surface area contributed by atoms with Crippen molar-refractivity contribution in [1.82, 2.24) is 4.90 Å². The van der Waals surface area contributed by atoms with Gasteiger partial charge in [0.25, 0.3) is 5.91 Å². The largest absolute Gasteiger partial charge is 0.482 e. The van der Waals surface area contributed by atoms with Gasteiger partial charge in [-0.1, -0.05) is 54.1 Å². The lowest BCUT2D eigenvalue weighted by molar-refractivity contribution is -0.132. The van der Waals surface area contributed by atoms with Gasteiger partial charge in [0.1, 0.15) is 5.75 Å². The van der Waals surface area contributed by atoms with Crippen LogP contribution in [-0.4, -0.2) is 37.0 Å². The Hall–Kier alpha value is -1.75. The summed E-state index contributed by atoms with van der Waals surface area (Å²) in [5, 5.41) is 0.508. The highest BCUT2D eigenvalue weighted by Gasteiger charge is 2.35. The van der Waals surface area contributed by atoms with E-state index >= 15 is 0 Å². The second-order valence-electron chi connectivity index (χ2n) is 6.03. The van der Waals surface area contributed by atoms with Crippen LogP contribution in [0.4, 0.5) is 0 Å². The lowest BCUT2D eigenvalue weighted by Gasteiger charge is -2.17. The van der Waals surface area contributed by atoms with Crippen molar-refractivity contribution in [2.45, 2.75) is 5.92 Å². The van der Waals surface area contributed by atoms with Crippen LogP contribution < -0.4 is 10.5 Å². The van der Waals surface area contributed by atoms with Gasteiger partial charge in [0.05, 0.1) is 5.02 Å². The van der Waals surface area contributed by atoms with Crippen LogP contribution >= 0.6 is 24.0 Å². The molecule has 0 unspecified atom stereocenters. The van der Waals surface area contributed by atoms with E-state index < -0.39 is 0 Å². The van der Waals surface area contributed by atoms with Crippen LogP contribution in [0.25, 0.3) is 0 Å². The van der Waals surface area contributed by atoms with Gasteiger partial charge in [-0.15, -0.1) is 12.4 Å². The van der Waals surface area contributed by atoms with Crippen LogP contribution in [-0.2, 0) is 4.79 Å². The fourth-order valence-corrected chi connectivity index (χ4v) is 3.37. The minimum Gasteiger partial charge on any atom is -0.482 e. The maximum atomic E-state index is 12.5.